The molecule has 3 aromatic rings. The number of hydrogen-bond donors (Lipinski definition) is 1. The number of aryl methyl sites for hydroxylation is 1. The van der Waals surface area contributed by atoms with Crippen LogP contribution in [0, 0.1) is 5.82 Å². The standard InChI is InChI=1S/C15H15FN4O2S/c1-2-20-14(19-12-7-5-9-17-15(12)20)10-18-23(21,22)13-8-4-3-6-11(13)16/h3-9,18H,2,10H2,1H3. The Morgan fingerprint density at radius 3 is 2.74 bits per heavy atom. The van der Waals surface area contributed by atoms with Gasteiger partial charge >= 0.3 is 0 Å². The molecule has 0 amide bonds. The molecule has 0 aliphatic rings. The highest BCUT2D eigenvalue weighted by atomic mass is 32.2. The summed E-state index contributed by atoms with van der Waals surface area (Å²) in [7, 11) is -3.95. The summed E-state index contributed by atoms with van der Waals surface area (Å²) in [6, 6.07) is 8.83. The Hall–Kier alpha value is -2.32. The number of benzene rings is 1. The fourth-order valence-electron chi connectivity index (χ4n) is 2.37. The highest BCUT2D eigenvalue weighted by Crippen LogP contribution is 2.16. The van der Waals surface area contributed by atoms with Gasteiger partial charge < -0.3 is 4.57 Å². The van der Waals surface area contributed by atoms with Crippen LogP contribution in [0.4, 0.5) is 4.39 Å². The maximum Gasteiger partial charge on any atom is 0.243 e. The van der Waals surface area contributed by atoms with Crippen molar-refractivity contribution in [2.24, 2.45) is 0 Å². The number of halogens is 1. The third-order valence-electron chi connectivity index (χ3n) is 3.45. The number of aromatic nitrogens is 3. The van der Waals surface area contributed by atoms with Gasteiger partial charge in [-0.15, -0.1) is 0 Å². The first-order valence-electron chi connectivity index (χ1n) is 7.07. The summed E-state index contributed by atoms with van der Waals surface area (Å²) in [4.78, 5) is 8.26. The average molecular weight is 334 g/mol. The average Bonchev–Trinajstić information content (AvgIpc) is 2.91. The van der Waals surface area contributed by atoms with Crippen LogP contribution in [0.2, 0.25) is 0 Å². The molecule has 3 rings (SSSR count). The SMILES string of the molecule is CCn1c(CNS(=O)(=O)c2ccccc2F)nc2cccnc21. The molecule has 1 aromatic carbocycles. The van der Waals surface area contributed by atoms with Crippen molar-refractivity contribution in [3.8, 4) is 0 Å². The van der Waals surface area contributed by atoms with Crippen LogP contribution in [0.15, 0.2) is 47.5 Å². The van der Waals surface area contributed by atoms with Gasteiger partial charge in [0.25, 0.3) is 0 Å². The van der Waals surface area contributed by atoms with Crippen LogP contribution in [0.1, 0.15) is 12.7 Å². The van der Waals surface area contributed by atoms with Gasteiger partial charge in [0.05, 0.1) is 6.54 Å². The second kappa shape index (κ2) is 6.05. The molecule has 2 aromatic heterocycles. The second-order valence-corrected chi connectivity index (χ2v) is 6.61. The molecular formula is C15H15FN4O2S. The zero-order chi connectivity index (χ0) is 16.4. The molecule has 120 valence electrons. The monoisotopic (exact) mass is 334 g/mol. The Morgan fingerprint density at radius 2 is 2.00 bits per heavy atom. The molecule has 1 N–H and O–H groups in total. The molecule has 23 heavy (non-hydrogen) atoms. The third-order valence-corrected chi connectivity index (χ3v) is 4.88. The van der Waals surface area contributed by atoms with Crippen LogP contribution in [0.3, 0.4) is 0 Å². The molecule has 0 spiro atoms. The summed E-state index contributed by atoms with van der Waals surface area (Å²) in [5.74, 6) is -0.258. The van der Waals surface area contributed by atoms with Gasteiger partial charge in [-0.3, -0.25) is 0 Å². The van der Waals surface area contributed by atoms with E-state index in [1.807, 2.05) is 17.6 Å². The van der Waals surface area contributed by atoms with E-state index in [0.717, 1.165) is 6.07 Å². The molecule has 0 unspecified atom stereocenters. The van der Waals surface area contributed by atoms with Gasteiger partial charge in [-0.1, -0.05) is 12.1 Å². The van der Waals surface area contributed by atoms with Crippen molar-refractivity contribution in [1.82, 2.24) is 19.3 Å². The van der Waals surface area contributed by atoms with E-state index in [2.05, 4.69) is 14.7 Å². The van der Waals surface area contributed by atoms with Gasteiger partial charge in [0.1, 0.15) is 22.1 Å². The zero-order valence-electron chi connectivity index (χ0n) is 12.4. The maximum absolute atomic E-state index is 13.7. The van der Waals surface area contributed by atoms with Crippen LogP contribution in [-0.4, -0.2) is 23.0 Å². The van der Waals surface area contributed by atoms with Crippen molar-refractivity contribution in [3.63, 3.8) is 0 Å². The highest BCUT2D eigenvalue weighted by Gasteiger charge is 2.19. The molecule has 0 aliphatic heterocycles. The molecule has 2 heterocycles. The Labute approximate surface area is 133 Å². The highest BCUT2D eigenvalue weighted by molar-refractivity contribution is 7.89. The number of sulfonamides is 1. The lowest BCUT2D eigenvalue weighted by atomic mass is 10.4. The zero-order valence-corrected chi connectivity index (χ0v) is 13.2. The quantitative estimate of drug-likeness (QED) is 0.775. The van der Waals surface area contributed by atoms with E-state index in [9.17, 15) is 12.8 Å². The van der Waals surface area contributed by atoms with Crippen molar-refractivity contribution in [3.05, 3.63) is 54.2 Å². The van der Waals surface area contributed by atoms with Crippen molar-refractivity contribution in [1.29, 1.82) is 0 Å². The van der Waals surface area contributed by atoms with E-state index in [1.54, 1.807) is 12.3 Å². The number of pyridine rings is 1. The van der Waals surface area contributed by atoms with Gasteiger partial charge in [0, 0.05) is 12.7 Å². The van der Waals surface area contributed by atoms with E-state index >= 15 is 0 Å². The molecule has 0 aliphatic carbocycles. The van der Waals surface area contributed by atoms with Crippen LogP contribution in [-0.2, 0) is 23.1 Å². The van der Waals surface area contributed by atoms with Crippen LogP contribution in [0.5, 0.6) is 0 Å². The van der Waals surface area contributed by atoms with E-state index in [-0.39, 0.29) is 11.4 Å². The number of nitrogens with one attached hydrogen (secondary N) is 1. The van der Waals surface area contributed by atoms with E-state index in [4.69, 9.17) is 0 Å². The number of fused-ring (bicyclic) bond motifs is 1. The molecule has 0 bridgehead atoms. The molecule has 6 nitrogen and oxygen atoms in total. The minimum absolute atomic E-state index is 0.0408. The number of rotatable bonds is 5. The molecule has 8 heteroatoms. The Morgan fingerprint density at radius 1 is 1.22 bits per heavy atom. The first-order chi connectivity index (χ1) is 11.0. The number of nitrogens with zero attached hydrogens (tertiary/aromatic N) is 3. The van der Waals surface area contributed by atoms with Gasteiger partial charge in [0.2, 0.25) is 10.0 Å². The molecule has 0 atom stereocenters. The smallest absolute Gasteiger partial charge is 0.243 e. The van der Waals surface area contributed by atoms with Gasteiger partial charge in [0.15, 0.2) is 5.65 Å². The maximum atomic E-state index is 13.7. The molecule has 0 saturated heterocycles. The van der Waals surface area contributed by atoms with Crippen molar-refractivity contribution in [2.45, 2.75) is 24.9 Å². The summed E-state index contributed by atoms with van der Waals surface area (Å²) in [5, 5.41) is 0. The normalized spacial score (nSPS) is 11.9. The van der Waals surface area contributed by atoms with Crippen molar-refractivity contribution in [2.75, 3.05) is 0 Å². The number of hydrogen-bond acceptors (Lipinski definition) is 4. The van der Waals surface area contributed by atoms with Gasteiger partial charge in [-0.05, 0) is 31.2 Å². The lowest BCUT2D eigenvalue weighted by Gasteiger charge is -2.08. The predicted molar refractivity (Wildman–Crippen MR) is 83.6 cm³/mol. The van der Waals surface area contributed by atoms with Crippen molar-refractivity contribution >= 4 is 21.2 Å². The largest absolute Gasteiger partial charge is 0.312 e. The molecule has 0 radical (unpaired) electrons. The number of imidazole rings is 1. The minimum atomic E-state index is -3.95. The second-order valence-electron chi connectivity index (χ2n) is 4.87. The van der Waals surface area contributed by atoms with Crippen LogP contribution in [0.25, 0.3) is 11.2 Å². The molecule has 0 fully saturated rings. The summed E-state index contributed by atoms with van der Waals surface area (Å²) < 4.78 is 42.4. The van der Waals surface area contributed by atoms with Crippen molar-refractivity contribution < 1.29 is 12.8 Å². The minimum Gasteiger partial charge on any atom is -0.312 e. The Balaban J connectivity index is 1.90. The summed E-state index contributed by atoms with van der Waals surface area (Å²) >= 11 is 0. The fourth-order valence-corrected chi connectivity index (χ4v) is 3.43. The van der Waals surface area contributed by atoms with Crippen LogP contribution < -0.4 is 4.72 Å². The first-order valence-corrected chi connectivity index (χ1v) is 8.55. The molecular weight excluding hydrogens is 319 g/mol. The topological polar surface area (TPSA) is 76.9 Å². The van der Waals surface area contributed by atoms with E-state index in [1.165, 1.54) is 18.2 Å². The Bertz CT molecular complexity index is 953. The first kappa shape index (κ1) is 15.6. The van der Waals surface area contributed by atoms with E-state index < -0.39 is 15.8 Å². The molecule has 0 saturated carbocycles. The summed E-state index contributed by atoms with van der Waals surface area (Å²) in [5.41, 5.74) is 1.38. The Kier molecular flexibility index (Phi) is 4.10. The lowest BCUT2D eigenvalue weighted by molar-refractivity contribution is 0.553. The summed E-state index contributed by atoms with van der Waals surface area (Å²) in [6.45, 7) is 2.48. The van der Waals surface area contributed by atoms with E-state index in [0.29, 0.717) is 23.5 Å². The van der Waals surface area contributed by atoms with Crippen LogP contribution >= 0.6 is 0 Å². The van der Waals surface area contributed by atoms with Gasteiger partial charge in [-0.25, -0.2) is 27.5 Å². The third kappa shape index (κ3) is 2.95. The summed E-state index contributed by atoms with van der Waals surface area (Å²) in [6.07, 6.45) is 1.66. The van der Waals surface area contributed by atoms with Gasteiger partial charge in [-0.2, -0.15) is 0 Å². The fraction of sp³-hybridized carbons (Fsp3) is 0.200. The predicted octanol–water partition coefficient (Wildman–Crippen LogP) is 2.07. The lowest BCUT2D eigenvalue weighted by Crippen LogP contribution is -2.25.